The van der Waals surface area contributed by atoms with Crippen LogP contribution in [-0.4, -0.2) is 31.7 Å². The van der Waals surface area contributed by atoms with E-state index < -0.39 is 12.1 Å². The van der Waals surface area contributed by atoms with Crippen LogP contribution in [0.4, 0.5) is 5.69 Å². The summed E-state index contributed by atoms with van der Waals surface area (Å²) in [6.07, 6.45) is 2.85. The average molecular weight is 411 g/mol. The van der Waals surface area contributed by atoms with Crippen LogP contribution in [0.1, 0.15) is 37.0 Å². The summed E-state index contributed by atoms with van der Waals surface area (Å²) in [6.45, 7) is 7.99. The van der Waals surface area contributed by atoms with Crippen molar-refractivity contribution in [2.75, 3.05) is 19.0 Å². The summed E-state index contributed by atoms with van der Waals surface area (Å²) in [4.78, 5) is 24.5. The molecule has 6 heteroatoms. The summed E-state index contributed by atoms with van der Waals surface area (Å²) in [5, 5.41) is 2.82. The number of hydrogen-bond donors (Lipinski definition) is 1. The molecule has 1 atom stereocenters. The van der Waals surface area contributed by atoms with E-state index in [2.05, 4.69) is 5.32 Å². The highest BCUT2D eigenvalue weighted by atomic mass is 16.5. The Morgan fingerprint density at radius 2 is 1.80 bits per heavy atom. The summed E-state index contributed by atoms with van der Waals surface area (Å²) in [5.74, 6) is 0.244. The monoisotopic (exact) mass is 411 g/mol. The van der Waals surface area contributed by atoms with Gasteiger partial charge >= 0.3 is 5.97 Å². The lowest BCUT2D eigenvalue weighted by Gasteiger charge is -2.15. The van der Waals surface area contributed by atoms with Gasteiger partial charge in [-0.1, -0.05) is 31.2 Å². The Hall–Kier alpha value is -3.28. The molecule has 1 N–H and O–H groups in total. The zero-order valence-corrected chi connectivity index (χ0v) is 18.2. The molecule has 0 radical (unpaired) electrons. The molecule has 2 rings (SSSR count). The third-order valence-corrected chi connectivity index (χ3v) is 4.45. The average Bonchev–Trinajstić information content (AvgIpc) is 2.73. The number of carbonyl (C=O) groups is 2. The molecule has 1 amide bonds. The Bertz CT molecular complexity index is 900. The molecule has 0 aliphatic rings. The number of amides is 1. The number of aryl methyl sites for hydroxylation is 2. The minimum atomic E-state index is -0.930. The number of anilines is 1. The predicted molar refractivity (Wildman–Crippen MR) is 118 cm³/mol. The first-order chi connectivity index (χ1) is 14.3. The van der Waals surface area contributed by atoms with Crippen LogP contribution in [0.15, 0.2) is 42.5 Å². The highest BCUT2D eigenvalue weighted by molar-refractivity contribution is 5.97. The Morgan fingerprint density at radius 1 is 1.10 bits per heavy atom. The number of methoxy groups -OCH3 is 1. The van der Waals surface area contributed by atoms with Crippen LogP contribution >= 0.6 is 0 Å². The maximum atomic E-state index is 12.4. The molecule has 0 saturated heterocycles. The van der Waals surface area contributed by atoms with Crippen LogP contribution in [0.5, 0.6) is 11.5 Å². The maximum Gasteiger partial charge on any atom is 0.331 e. The Kier molecular flexibility index (Phi) is 8.47. The largest absolute Gasteiger partial charge is 0.493 e. The molecule has 0 aromatic heterocycles. The number of nitrogens with one attached hydrogen (secondary N) is 1. The van der Waals surface area contributed by atoms with Gasteiger partial charge in [0.25, 0.3) is 5.91 Å². The van der Waals surface area contributed by atoms with Crippen molar-refractivity contribution in [3.63, 3.8) is 0 Å². The fourth-order valence-electron chi connectivity index (χ4n) is 2.79. The van der Waals surface area contributed by atoms with Gasteiger partial charge in [-0.25, -0.2) is 4.79 Å². The lowest BCUT2D eigenvalue weighted by Crippen LogP contribution is -2.30. The molecule has 0 saturated carbocycles. The van der Waals surface area contributed by atoms with Crippen LogP contribution in [0.3, 0.4) is 0 Å². The van der Waals surface area contributed by atoms with E-state index in [4.69, 9.17) is 14.2 Å². The topological polar surface area (TPSA) is 73.9 Å². The third kappa shape index (κ3) is 6.37. The quantitative estimate of drug-likeness (QED) is 0.479. The molecule has 0 bridgehead atoms. The molecule has 6 nitrogen and oxygen atoms in total. The summed E-state index contributed by atoms with van der Waals surface area (Å²) in [6, 6.07) is 11.1. The molecule has 2 aromatic carbocycles. The SMILES string of the molecule is CCCOc1ccc(/C=C/C(=O)O[C@H](C)C(=O)Nc2c(C)cccc2C)cc1OC. The van der Waals surface area contributed by atoms with E-state index >= 15 is 0 Å². The van der Waals surface area contributed by atoms with Crippen molar-refractivity contribution >= 4 is 23.6 Å². The fraction of sp³-hybridized carbons (Fsp3) is 0.333. The van der Waals surface area contributed by atoms with E-state index in [1.54, 1.807) is 25.3 Å². The summed E-state index contributed by atoms with van der Waals surface area (Å²) < 4.78 is 16.2. The van der Waals surface area contributed by atoms with Crippen LogP contribution in [0.25, 0.3) is 6.08 Å². The zero-order chi connectivity index (χ0) is 22.1. The van der Waals surface area contributed by atoms with Gasteiger partial charge in [0.1, 0.15) is 0 Å². The van der Waals surface area contributed by atoms with Gasteiger partial charge < -0.3 is 19.5 Å². The molecule has 30 heavy (non-hydrogen) atoms. The van der Waals surface area contributed by atoms with Gasteiger partial charge in [-0.3, -0.25) is 4.79 Å². The summed E-state index contributed by atoms with van der Waals surface area (Å²) in [5.41, 5.74) is 3.38. The van der Waals surface area contributed by atoms with E-state index in [-0.39, 0.29) is 5.91 Å². The third-order valence-electron chi connectivity index (χ3n) is 4.45. The molecule has 160 valence electrons. The van der Waals surface area contributed by atoms with Gasteiger partial charge in [0, 0.05) is 11.8 Å². The van der Waals surface area contributed by atoms with Crippen molar-refractivity contribution in [1.29, 1.82) is 0 Å². The van der Waals surface area contributed by atoms with Crippen LogP contribution in [-0.2, 0) is 14.3 Å². The fourth-order valence-corrected chi connectivity index (χ4v) is 2.79. The highest BCUT2D eigenvalue weighted by Crippen LogP contribution is 2.28. The lowest BCUT2D eigenvalue weighted by molar-refractivity contribution is -0.148. The van der Waals surface area contributed by atoms with Gasteiger partial charge in [0.05, 0.1) is 13.7 Å². The van der Waals surface area contributed by atoms with Gasteiger partial charge in [0.15, 0.2) is 17.6 Å². The number of para-hydroxylation sites is 1. The van der Waals surface area contributed by atoms with Gasteiger partial charge in [-0.15, -0.1) is 0 Å². The van der Waals surface area contributed by atoms with E-state index in [0.717, 1.165) is 28.8 Å². The second-order valence-electron chi connectivity index (χ2n) is 6.93. The molecule has 0 spiro atoms. The van der Waals surface area contributed by atoms with Crippen LogP contribution in [0, 0.1) is 13.8 Å². The Balaban J connectivity index is 1.97. The van der Waals surface area contributed by atoms with Crippen LogP contribution < -0.4 is 14.8 Å². The minimum Gasteiger partial charge on any atom is -0.493 e. The molecule has 0 aliphatic carbocycles. The van der Waals surface area contributed by atoms with E-state index in [0.29, 0.717) is 18.1 Å². The Morgan fingerprint density at radius 3 is 2.43 bits per heavy atom. The van der Waals surface area contributed by atoms with Crippen molar-refractivity contribution in [2.45, 2.75) is 40.2 Å². The number of esters is 1. The van der Waals surface area contributed by atoms with Crippen LogP contribution in [0.2, 0.25) is 0 Å². The summed E-state index contributed by atoms with van der Waals surface area (Å²) in [7, 11) is 1.56. The van der Waals surface area contributed by atoms with Gasteiger partial charge in [0.2, 0.25) is 0 Å². The minimum absolute atomic E-state index is 0.381. The number of rotatable bonds is 9. The zero-order valence-electron chi connectivity index (χ0n) is 18.2. The molecule has 0 unspecified atom stereocenters. The number of hydrogen-bond acceptors (Lipinski definition) is 5. The molecule has 2 aromatic rings. The second kappa shape index (κ2) is 11.0. The molecule has 0 fully saturated rings. The predicted octanol–water partition coefficient (Wildman–Crippen LogP) is 4.68. The van der Waals surface area contributed by atoms with Crippen molar-refractivity contribution in [1.82, 2.24) is 0 Å². The molecule has 0 aliphatic heterocycles. The number of ether oxygens (including phenoxy) is 3. The summed E-state index contributed by atoms with van der Waals surface area (Å²) >= 11 is 0. The van der Waals surface area contributed by atoms with E-state index in [1.807, 2.05) is 45.0 Å². The van der Waals surface area contributed by atoms with Crippen molar-refractivity contribution < 1.29 is 23.8 Å². The van der Waals surface area contributed by atoms with Crippen molar-refractivity contribution in [2.24, 2.45) is 0 Å². The highest BCUT2D eigenvalue weighted by Gasteiger charge is 2.18. The van der Waals surface area contributed by atoms with Gasteiger partial charge in [-0.2, -0.15) is 0 Å². The Labute approximate surface area is 177 Å². The van der Waals surface area contributed by atoms with Crippen molar-refractivity contribution in [3.05, 3.63) is 59.2 Å². The molecular weight excluding hydrogens is 382 g/mol. The number of benzene rings is 2. The van der Waals surface area contributed by atoms with Gasteiger partial charge in [-0.05, 0) is 62.1 Å². The van der Waals surface area contributed by atoms with Crippen molar-refractivity contribution in [3.8, 4) is 11.5 Å². The molecule has 0 heterocycles. The van der Waals surface area contributed by atoms with E-state index in [1.165, 1.54) is 13.0 Å². The normalized spacial score (nSPS) is 11.8. The lowest BCUT2D eigenvalue weighted by atomic mass is 10.1. The molecular formula is C24H29NO5. The second-order valence-corrected chi connectivity index (χ2v) is 6.93. The number of carbonyl (C=O) groups excluding carboxylic acids is 2. The smallest absolute Gasteiger partial charge is 0.331 e. The van der Waals surface area contributed by atoms with E-state index in [9.17, 15) is 9.59 Å². The standard InChI is InChI=1S/C24H29NO5/c1-6-14-29-20-12-10-19(15-21(20)28-5)11-13-22(26)30-18(4)24(27)25-23-16(2)8-7-9-17(23)3/h7-13,15,18H,6,14H2,1-5H3,(H,25,27)/b13-11+/t18-/m1/s1. The first-order valence-corrected chi connectivity index (χ1v) is 9.92. The first kappa shape index (κ1) is 23.0. The first-order valence-electron chi connectivity index (χ1n) is 9.92. The maximum absolute atomic E-state index is 12.4.